The molecule has 0 fully saturated rings. The third-order valence-corrected chi connectivity index (χ3v) is 20.0. The smallest absolute Gasteiger partial charge is 0.222 e. The Morgan fingerprint density at radius 3 is 1.29 bits per heavy atom. The number of rotatable bonds is 26. The standard InChI is InChI=1S/C23H31NO2.C22H29NO3.C16H19ClSi.C3H4N2/c1-3-5-10-16-24(15-6-4-2)22-14-13-21(18-25)23(17-22)26-19-20-11-8-7-9-12-20;1-2-3-13-23(14-7-8-15-24)21-12-11-20(17-25)22(16-21)26-18-19-9-5-4-6-10-19;1-16(2,3)18(17,14-10-6-4-7-11-14)15-12-8-5-9-13-15;1-2-5-3-4-1/h7-9,11-14,17-18H,3-6,10,15-16,19H2,1-2H3;4-6,9-12,16-17,24H,2-3,7-8,13-15,18H2,1H3;4-13H,1-3H3;1-3H,(H,4,5). The van der Waals surface area contributed by atoms with Gasteiger partial charge in [0.15, 0.2) is 12.6 Å². The normalized spacial score (nSPS) is 10.8. The zero-order valence-corrected chi connectivity index (χ0v) is 47.3. The number of aromatic amines is 1. The second-order valence-electron chi connectivity index (χ2n) is 19.4. The number of aromatic nitrogens is 2. The first-order chi connectivity index (χ1) is 36.5. The van der Waals surface area contributed by atoms with Gasteiger partial charge in [-0.1, -0.05) is 189 Å². The van der Waals surface area contributed by atoms with Crippen molar-refractivity contribution in [1.29, 1.82) is 0 Å². The number of aldehydes is 2. The minimum atomic E-state index is -2.23. The van der Waals surface area contributed by atoms with E-state index in [1.54, 1.807) is 18.7 Å². The van der Waals surface area contributed by atoms with E-state index in [1.165, 1.54) is 42.5 Å². The average molecular weight is 1050 g/mol. The molecule has 75 heavy (non-hydrogen) atoms. The highest BCUT2D eigenvalue weighted by atomic mass is 35.6. The monoisotopic (exact) mass is 1050 g/mol. The lowest BCUT2D eigenvalue weighted by Crippen LogP contribution is -2.59. The van der Waals surface area contributed by atoms with Crippen LogP contribution in [0.3, 0.4) is 0 Å². The average Bonchev–Trinajstić information content (AvgIpc) is 4.06. The highest BCUT2D eigenvalue weighted by Gasteiger charge is 2.46. The first-order valence-electron chi connectivity index (χ1n) is 26.9. The predicted octanol–water partition coefficient (Wildman–Crippen LogP) is 14.5. The van der Waals surface area contributed by atoms with Crippen molar-refractivity contribution in [3.05, 3.63) is 199 Å². The lowest BCUT2D eigenvalue weighted by Gasteiger charge is -2.38. The fraction of sp³-hybridized carbons (Fsp3) is 0.359. The molecule has 0 aliphatic carbocycles. The van der Waals surface area contributed by atoms with E-state index in [0.717, 1.165) is 86.9 Å². The van der Waals surface area contributed by atoms with Gasteiger partial charge < -0.3 is 29.4 Å². The summed E-state index contributed by atoms with van der Waals surface area (Å²) in [5.74, 6) is 1.28. The Kier molecular flexibility index (Phi) is 28.4. The highest BCUT2D eigenvalue weighted by Crippen LogP contribution is 2.38. The number of carbonyl (C=O) groups excluding carboxylic acids is 2. The van der Waals surface area contributed by atoms with Gasteiger partial charge in [-0.05, 0) is 82.9 Å². The SMILES string of the molecule is CC(C)(C)[Si](Cl)(c1ccccc1)c1ccccc1.CCCCCN(CCCC)c1ccc(C=O)c(OCc2ccccc2)c1.CCCCN(CCCCO)c1ccc(C=O)c(OCc2ccccc2)c1.c1c[nH]cn1. The van der Waals surface area contributed by atoms with E-state index in [1.807, 2.05) is 109 Å². The number of H-pyrrole nitrogens is 1. The largest absolute Gasteiger partial charge is 0.488 e. The molecule has 0 atom stereocenters. The van der Waals surface area contributed by atoms with Crippen LogP contribution in [-0.2, 0) is 13.2 Å². The zero-order valence-electron chi connectivity index (χ0n) is 45.5. The number of hydrogen-bond acceptors (Lipinski definition) is 8. The molecule has 0 radical (unpaired) electrons. The molecule has 0 unspecified atom stereocenters. The summed E-state index contributed by atoms with van der Waals surface area (Å²) < 4.78 is 11.9. The molecule has 0 bridgehead atoms. The topological polar surface area (TPSA) is 108 Å². The van der Waals surface area contributed by atoms with Gasteiger partial charge in [-0.2, -0.15) is 11.1 Å². The minimum Gasteiger partial charge on any atom is -0.488 e. The summed E-state index contributed by atoms with van der Waals surface area (Å²) in [7, 11) is -2.23. The number of ether oxygens (including phenoxy) is 2. The Morgan fingerprint density at radius 2 is 0.960 bits per heavy atom. The summed E-state index contributed by atoms with van der Waals surface area (Å²) in [6, 6.07) is 52.7. The van der Waals surface area contributed by atoms with E-state index in [2.05, 4.69) is 110 Å². The van der Waals surface area contributed by atoms with E-state index in [-0.39, 0.29) is 11.6 Å². The number of halogens is 1. The first kappa shape index (κ1) is 61.1. The number of aliphatic hydroxyl groups is 1. The third kappa shape index (κ3) is 21.0. The summed E-state index contributed by atoms with van der Waals surface area (Å²) in [5, 5.41) is 11.7. The fourth-order valence-electron chi connectivity index (χ4n) is 8.34. The number of anilines is 2. The molecule has 11 heteroatoms. The Bertz CT molecular complexity index is 2390. The Balaban J connectivity index is 0.000000235. The molecule has 0 saturated carbocycles. The van der Waals surface area contributed by atoms with Gasteiger partial charge in [0.05, 0.1) is 17.5 Å². The first-order valence-corrected chi connectivity index (χ1v) is 29.9. The Morgan fingerprint density at radius 1 is 0.560 bits per heavy atom. The minimum absolute atomic E-state index is 0.0667. The van der Waals surface area contributed by atoms with Crippen LogP contribution in [0.2, 0.25) is 5.04 Å². The van der Waals surface area contributed by atoms with Crippen LogP contribution in [0.5, 0.6) is 11.5 Å². The summed E-state index contributed by atoms with van der Waals surface area (Å²) in [5.41, 5.74) is 5.54. The van der Waals surface area contributed by atoms with E-state index in [0.29, 0.717) is 35.8 Å². The molecule has 0 spiro atoms. The van der Waals surface area contributed by atoms with Crippen LogP contribution < -0.4 is 29.6 Å². The van der Waals surface area contributed by atoms with Crippen LogP contribution in [0.25, 0.3) is 0 Å². The maximum Gasteiger partial charge on any atom is 0.222 e. The van der Waals surface area contributed by atoms with Gasteiger partial charge >= 0.3 is 0 Å². The number of carbonyl (C=O) groups is 2. The number of aliphatic hydroxyl groups excluding tert-OH is 1. The zero-order chi connectivity index (χ0) is 54.0. The molecular weight excluding hydrogens is 968 g/mol. The molecule has 1 heterocycles. The van der Waals surface area contributed by atoms with Crippen LogP contribution in [0.4, 0.5) is 11.4 Å². The summed E-state index contributed by atoms with van der Waals surface area (Å²) >= 11 is 7.21. The lowest BCUT2D eigenvalue weighted by atomic mass is 10.1. The van der Waals surface area contributed by atoms with Crippen molar-refractivity contribution >= 4 is 52.8 Å². The molecule has 0 amide bonds. The van der Waals surface area contributed by atoms with E-state index < -0.39 is 7.38 Å². The molecular formula is C64H83ClN4O5Si. The van der Waals surface area contributed by atoms with E-state index in [4.69, 9.17) is 25.7 Å². The number of benzene rings is 6. The third-order valence-electron chi connectivity index (χ3n) is 12.7. The van der Waals surface area contributed by atoms with Crippen molar-refractivity contribution in [1.82, 2.24) is 9.97 Å². The molecule has 400 valence electrons. The van der Waals surface area contributed by atoms with Gasteiger partial charge in [0.25, 0.3) is 0 Å². The lowest BCUT2D eigenvalue weighted by molar-refractivity contribution is 0.111. The highest BCUT2D eigenvalue weighted by molar-refractivity contribution is 7.35. The van der Waals surface area contributed by atoms with Crippen molar-refractivity contribution in [2.75, 3.05) is 42.6 Å². The second kappa shape index (κ2) is 34.9. The van der Waals surface area contributed by atoms with Crippen molar-refractivity contribution in [3.8, 4) is 11.5 Å². The maximum atomic E-state index is 11.4. The quantitative estimate of drug-likeness (QED) is 0.0239. The Hall–Kier alpha value is -6.46. The summed E-state index contributed by atoms with van der Waals surface area (Å²) in [6.45, 7) is 18.4. The van der Waals surface area contributed by atoms with Gasteiger partial charge in [-0.3, -0.25) is 9.59 Å². The molecule has 0 aliphatic heterocycles. The van der Waals surface area contributed by atoms with Crippen LogP contribution in [0.1, 0.15) is 131 Å². The van der Waals surface area contributed by atoms with Gasteiger partial charge in [0.2, 0.25) is 7.38 Å². The van der Waals surface area contributed by atoms with Gasteiger partial charge in [-0.15, -0.1) is 0 Å². The maximum absolute atomic E-state index is 11.4. The van der Waals surface area contributed by atoms with Crippen LogP contribution in [0.15, 0.2) is 176 Å². The van der Waals surface area contributed by atoms with Crippen molar-refractivity contribution < 1.29 is 24.2 Å². The second-order valence-corrected chi connectivity index (χ2v) is 25.1. The van der Waals surface area contributed by atoms with E-state index >= 15 is 0 Å². The summed E-state index contributed by atoms with van der Waals surface area (Å²) in [6.07, 6.45) is 16.8. The van der Waals surface area contributed by atoms with E-state index in [9.17, 15) is 9.59 Å². The molecule has 0 aliphatic rings. The molecule has 0 saturated heterocycles. The van der Waals surface area contributed by atoms with Crippen LogP contribution in [-0.4, -0.2) is 67.8 Å². The molecule has 9 nitrogen and oxygen atoms in total. The number of hydrogen-bond donors (Lipinski definition) is 2. The molecule has 7 rings (SSSR count). The fourth-order valence-corrected chi connectivity index (χ4v) is 12.5. The van der Waals surface area contributed by atoms with Crippen molar-refractivity contribution in [2.45, 2.75) is 118 Å². The van der Waals surface area contributed by atoms with Gasteiger partial charge in [0.1, 0.15) is 24.7 Å². The van der Waals surface area contributed by atoms with Crippen molar-refractivity contribution in [2.24, 2.45) is 0 Å². The van der Waals surface area contributed by atoms with Gasteiger partial charge in [0, 0.05) is 68.7 Å². The molecule has 6 aromatic carbocycles. The molecule has 1 aromatic heterocycles. The number of nitrogens with zero attached hydrogens (tertiary/aromatic N) is 3. The van der Waals surface area contributed by atoms with Gasteiger partial charge in [-0.25, -0.2) is 4.98 Å². The summed E-state index contributed by atoms with van der Waals surface area (Å²) in [4.78, 5) is 33.9. The molecule has 2 N–H and O–H groups in total. The number of imidazole rings is 1. The van der Waals surface area contributed by atoms with Crippen LogP contribution in [0, 0.1) is 0 Å². The molecule has 7 aromatic rings. The number of unbranched alkanes of at least 4 members (excludes halogenated alkanes) is 5. The van der Waals surface area contributed by atoms with Crippen LogP contribution >= 0.6 is 11.1 Å². The number of nitrogens with one attached hydrogen (secondary N) is 1. The van der Waals surface area contributed by atoms with Crippen molar-refractivity contribution in [3.63, 3.8) is 0 Å². The Labute approximate surface area is 455 Å². The predicted molar refractivity (Wildman–Crippen MR) is 317 cm³/mol.